The van der Waals surface area contributed by atoms with Crippen LogP contribution >= 0.6 is 0 Å². The van der Waals surface area contributed by atoms with Gasteiger partial charge in [0.15, 0.2) is 0 Å². The van der Waals surface area contributed by atoms with Gasteiger partial charge in [0.25, 0.3) is 0 Å². The number of carbonyl (C=O) groups excluding carboxylic acids is 1. The molecule has 7 heteroatoms. The van der Waals surface area contributed by atoms with Crippen LogP contribution in [0.15, 0.2) is 41.4 Å². The zero-order chi connectivity index (χ0) is 16.4. The minimum absolute atomic E-state index is 0.00171. The van der Waals surface area contributed by atoms with Crippen LogP contribution in [0, 0.1) is 5.92 Å². The van der Waals surface area contributed by atoms with Crippen LogP contribution in [0.1, 0.15) is 19.3 Å². The maximum absolute atomic E-state index is 12.9. The van der Waals surface area contributed by atoms with Gasteiger partial charge in [0.05, 0.1) is 10.4 Å². The first-order valence-corrected chi connectivity index (χ1v) is 9.04. The van der Waals surface area contributed by atoms with Crippen LogP contribution in [0.2, 0.25) is 0 Å². The SMILES string of the molecule is NC(=O)CC1CCCN(S(=O)(=O)c2ccc3ncccc3c2)C1. The number of benzene rings is 1. The third kappa shape index (κ3) is 3.35. The first-order valence-electron chi connectivity index (χ1n) is 7.60. The summed E-state index contributed by atoms with van der Waals surface area (Å²) in [6.07, 6.45) is 3.48. The molecule has 1 aliphatic rings. The Morgan fingerprint density at radius 1 is 1.35 bits per heavy atom. The Hall–Kier alpha value is -1.99. The molecule has 1 fully saturated rings. The molecule has 0 bridgehead atoms. The number of hydrogen-bond donors (Lipinski definition) is 1. The second-order valence-electron chi connectivity index (χ2n) is 5.90. The largest absolute Gasteiger partial charge is 0.370 e. The Morgan fingerprint density at radius 2 is 2.17 bits per heavy atom. The average molecular weight is 333 g/mol. The summed E-state index contributed by atoms with van der Waals surface area (Å²) in [6.45, 7) is 0.818. The Morgan fingerprint density at radius 3 is 2.96 bits per heavy atom. The zero-order valence-corrected chi connectivity index (χ0v) is 13.5. The lowest BCUT2D eigenvalue weighted by Gasteiger charge is -2.31. The summed E-state index contributed by atoms with van der Waals surface area (Å²) < 4.78 is 27.2. The highest BCUT2D eigenvalue weighted by Crippen LogP contribution is 2.26. The number of sulfonamides is 1. The number of aromatic nitrogens is 1. The number of primary amides is 1. The van der Waals surface area contributed by atoms with E-state index in [0.29, 0.717) is 13.1 Å². The maximum atomic E-state index is 12.9. The van der Waals surface area contributed by atoms with E-state index in [1.165, 1.54) is 4.31 Å². The fourth-order valence-electron chi connectivity index (χ4n) is 3.06. The third-order valence-electron chi connectivity index (χ3n) is 4.18. The first kappa shape index (κ1) is 15.9. The summed E-state index contributed by atoms with van der Waals surface area (Å²) in [4.78, 5) is 15.6. The lowest BCUT2D eigenvalue weighted by Crippen LogP contribution is -2.40. The van der Waals surface area contributed by atoms with Crippen LogP contribution in [0.4, 0.5) is 0 Å². The van der Waals surface area contributed by atoms with Crippen molar-refractivity contribution < 1.29 is 13.2 Å². The molecular weight excluding hydrogens is 314 g/mol. The molecule has 1 atom stereocenters. The van der Waals surface area contributed by atoms with E-state index < -0.39 is 10.0 Å². The normalized spacial score (nSPS) is 19.7. The van der Waals surface area contributed by atoms with Gasteiger partial charge in [-0.1, -0.05) is 6.07 Å². The van der Waals surface area contributed by atoms with Gasteiger partial charge in [-0.15, -0.1) is 0 Å². The molecule has 1 unspecified atom stereocenters. The Balaban J connectivity index is 1.88. The van der Waals surface area contributed by atoms with E-state index in [-0.39, 0.29) is 23.1 Å². The molecule has 1 aromatic heterocycles. The van der Waals surface area contributed by atoms with Crippen molar-refractivity contribution >= 4 is 26.8 Å². The monoisotopic (exact) mass is 333 g/mol. The highest BCUT2D eigenvalue weighted by molar-refractivity contribution is 7.89. The molecule has 1 aliphatic heterocycles. The number of nitrogens with zero attached hydrogens (tertiary/aromatic N) is 2. The summed E-state index contributed by atoms with van der Waals surface area (Å²) in [5, 5.41) is 0.791. The van der Waals surface area contributed by atoms with Crippen molar-refractivity contribution in [2.24, 2.45) is 11.7 Å². The minimum Gasteiger partial charge on any atom is -0.370 e. The molecule has 0 aliphatic carbocycles. The van der Waals surface area contributed by atoms with E-state index >= 15 is 0 Å². The van der Waals surface area contributed by atoms with Gasteiger partial charge >= 0.3 is 0 Å². The molecular formula is C16H19N3O3S. The number of rotatable bonds is 4. The summed E-state index contributed by atoms with van der Waals surface area (Å²) >= 11 is 0. The zero-order valence-electron chi connectivity index (χ0n) is 12.7. The van der Waals surface area contributed by atoms with Crippen molar-refractivity contribution in [3.63, 3.8) is 0 Å². The molecule has 2 heterocycles. The number of carbonyl (C=O) groups is 1. The number of amides is 1. The molecule has 2 aromatic rings. The van der Waals surface area contributed by atoms with Crippen molar-refractivity contribution in [3.8, 4) is 0 Å². The van der Waals surface area contributed by atoms with Crippen LogP contribution in [0.3, 0.4) is 0 Å². The van der Waals surface area contributed by atoms with Gasteiger partial charge in [-0.3, -0.25) is 9.78 Å². The summed E-state index contributed by atoms with van der Waals surface area (Å²) in [5.74, 6) is -0.385. The van der Waals surface area contributed by atoms with Crippen LogP contribution in [0.5, 0.6) is 0 Å². The number of fused-ring (bicyclic) bond motifs is 1. The highest BCUT2D eigenvalue weighted by Gasteiger charge is 2.30. The molecule has 6 nitrogen and oxygen atoms in total. The predicted octanol–water partition coefficient (Wildman–Crippen LogP) is 1.51. The van der Waals surface area contributed by atoms with Crippen LogP contribution in [-0.4, -0.2) is 36.7 Å². The third-order valence-corrected chi connectivity index (χ3v) is 6.04. The Kier molecular flexibility index (Phi) is 4.32. The smallest absolute Gasteiger partial charge is 0.243 e. The number of hydrogen-bond acceptors (Lipinski definition) is 4. The Bertz CT molecular complexity index is 835. The molecule has 1 amide bonds. The van der Waals surface area contributed by atoms with Gasteiger partial charge in [0.1, 0.15) is 0 Å². The van der Waals surface area contributed by atoms with E-state index in [9.17, 15) is 13.2 Å². The van der Waals surface area contributed by atoms with Crippen molar-refractivity contribution in [2.75, 3.05) is 13.1 Å². The van der Waals surface area contributed by atoms with E-state index in [2.05, 4.69) is 4.98 Å². The van der Waals surface area contributed by atoms with Gasteiger partial charge in [-0.05, 0) is 43.0 Å². The molecule has 1 saturated heterocycles. The van der Waals surface area contributed by atoms with E-state index in [0.717, 1.165) is 23.7 Å². The molecule has 1 aromatic carbocycles. The van der Waals surface area contributed by atoms with Crippen LogP contribution in [-0.2, 0) is 14.8 Å². The van der Waals surface area contributed by atoms with Crippen molar-refractivity contribution in [1.29, 1.82) is 0 Å². The summed E-state index contributed by atoms with van der Waals surface area (Å²) in [7, 11) is -3.57. The quantitative estimate of drug-likeness (QED) is 0.918. The summed E-state index contributed by atoms with van der Waals surface area (Å²) in [5.41, 5.74) is 6.00. The van der Waals surface area contributed by atoms with Gasteiger partial charge < -0.3 is 5.73 Å². The molecule has 23 heavy (non-hydrogen) atoms. The number of nitrogens with two attached hydrogens (primary N) is 1. The first-order chi connectivity index (χ1) is 11.0. The number of pyridine rings is 1. The van der Waals surface area contributed by atoms with Gasteiger partial charge in [-0.25, -0.2) is 8.42 Å². The lowest BCUT2D eigenvalue weighted by molar-refractivity contribution is -0.119. The van der Waals surface area contributed by atoms with Crippen molar-refractivity contribution in [1.82, 2.24) is 9.29 Å². The standard InChI is InChI=1S/C16H19N3O3S/c17-16(20)9-12-3-2-8-19(11-12)23(21,22)14-5-6-15-13(10-14)4-1-7-18-15/h1,4-7,10,12H,2-3,8-9,11H2,(H2,17,20). The van der Waals surface area contributed by atoms with Gasteiger partial charge in [0.2, 0.25) is 15.9 Å². The molecule has 2 N–H and O–H groups in total. The second-order valence-corrected chi connectivity index (χ2v) is 7.84. The lowest BCUT2D eigenvalue weighted by atomic mass is 9.96. The molecule has 3 rings (SSSR count). The van der Waals surface area contributed by atoms with Crippen molar-refractivity contribution in [2.45, 2.75) is 24.2 Å². The summed E-state index contributed by atoms with van der Waals surface area (Å²) in [6, 6.07) is 8.57. The molecule has 122 valence electrons. The predicted molar refractivity (Wildman–Crippen MR) is 87.0 cm³/mol. The maximum Gasteiger partial charge on any atom is 0.243 e. The second kappa shape index (κ2) is 6.25. The fourth-order valence-corrected chi connectivity index (χ4v) is 4.65. The molecule has 0 saturated carbocycles. The van der Waals surface area contributed by atoms with Crippen LogP contribution in [0.25, 0.3) is 10.9 Å². The van der Waals surface area contributed by atoms with E-state index in [1.807, 2.05) is 6.07 Å². The minimum atomic E-state index is -3.57. The van der Waals surface area contributed by atoms with Crippen LogP contribution < -0.4 is 5.73 Å². The Labute approximate surface area is 135 Å². The van der Waals surface area contributed by atoms with E-state index in [1.54, 1.807) is 30.5 Å². The van der Waals surface area contributed by atoms with Gasteiger partial charge in [0, 0.05) is 31.1 Å². The fraction of sp³-hybridized carbons (Fsp3) is 0.375. The number of piperidine rings is 1. The van der Waals surface area contributed by atoms with Gasteiger partial charge in [-0.2, -0.15) is 4.31 Å². The molecule has 0 spiro atoms. The molecule has 0 radical (unpaired) electrons. The van der Waals surface area contributed by atoms with Crippen molar-refractivity contribution in [3.05, 3.63) is 36.5 Å². The topological polar surface area (TPSA) is 93.4 Å². The average Bonchev–Trinajstić information content (AvgIpc) is 2.54. The highest BCUT2D eigenvalue weighted by atomic mass is 32.2. The van der Waals surface area contributed by atoms with E-state index in [4.69, 9.17) is 5.73 Å².